The molecule has 1 atom stereocenters. The Morgan fingerprint density at radius 2 is 2.29 bits per heavy atom. The van der Waals surface area contributed by atoms with Crippen molar-refractivity contribution in [1.29, 1.82) is 0 Å². The van der Waals surface area contributed by atoms with Crippen molar-refractivity contribution in [2.75, 3.05) is 33.9 Å². The topological polar surface area (TPSA) is 68.0 Å². The van der Waals surface area contributed by atoms with Gasteiger partial charge < -0.3 is 24.5 Å². The van der Waals surface area contributed by atoms with Crippen LogP contribution in [-0.4, -0.2) is 45.9 Å². The third-order valence-electron chi connectivity index (χ3n) is 2.61. The van der Waals surface area contributed by atoms with Gasteiger partial charge in [0.05, 0.1) is 12.9 Å². The maximum absolute atomic E-state index is 5.50. The molecule has 0 radical (unpaired) electrons. The number of guanidine groups is 1. The number of nitrogens with one attached hydrogen (secondary N) is 2. The molecule has 0 aliphatic rings. The summed E-state index contributed by atoms with van der Waals surface area (Å²) in [6.45, 7) is 4.69. The van der Waals surface area contributed by atoms with E-state index < -0.39 is 0 Å². The number of aliphatic imine (C=N–C) groups is 1. The molecule has 1 unspecified atom stereocenters. The van der Waals surface area contributed by atoms with Crippen molar-refractivity contribution >= 4 is 29.9 Å². The predicted octanol–water partition coefficient (Wildman–Crippen LogP) is 2.00. The van der Waals surface area contributed by atoms with Gasteiger partial charge >= 0.3 is 0 Å². The van der Waals surface area contributed by atoms with Crippen LogP contribution in [0.25, 0.3) is 0 Å². The van der Waals surface area contributed by atoms with Gasteiger partial charge in [0.2, 0.25) is 0 Å². The van der Waals surface area contributed by atoms with Gasteiger partial charge in [-0.1, -0.05) is 0 Å². The number of methoxy groups -OCH3 is 1. The Labute approximate surface area is 143 Å². The van der Waals surface area contributed by atoms with Crippen molar-refractivity contribution in [3.05, 3.63) is 24.2 Å². The van der Waals surface area contributed by atoms with Crippen LogP contribution in [-0.2, 0) is 16.1 Å². The van der Waals surface area contributed by atoms with Gasteiger partial charge in [0.25, 0.3) is 0 Å². The Morgan fingerprint density at radius 1 is 1.48 bits per heavy atom. The highest BCUT2D eigenvalue weighted by molar-refractivity contribution is 14.0. The summed E-state index contributed by atoms with van der Waals surface area (Å²) in [6.07, 6.45) is 2.55. The van der Waals surface area contributed by atoms with Crippen molar-refractivity contribution in [3.63, 3.8) is 0 Å². The lowest BCUT2D eigenvalue weighted by molar-refractivity contribution is 0.105. The van der Waals surface area contributed by atoms with Gasteiger partial charge in [-0.05, 0) is 25.5 Å². The first kappa shape index (κ1) is 20.2. The zero-order valence-corrected chi connectivity index (χ0v) is 15.3. The summed E-state index contributed by atoms with van der Waals surface area (Å²) in [6, 6.07) is 3.99. The second kappa shape index (κ2) is 12.9. The predicted molar refractivity (Wildman–Crippen MR) is 94.2 cm³/mol. The molecular formula is C14H26IN3O3. The second-order valence-electron chi connectivity index (χ2n) is 4.49. The van der Waals surface area contributed by atoms with Crippen molar-refractivity contribution in [3.8, 4) is 0 Å². The van der Waals surface area contributed by atoms with Crippen LogP contribution in [0.5, 0.6) is 0 Å². The molecular weight excluding hydrogens is 385 g/mol. The zero-order valence-electron chi connectivity index (χ0n) is 12.9. The van der Waals surface area contributed by atoms with E-state index in [1.54, 1.807) is 20.4 Å². The zero-order chi connectivity index (χ0) is 14.6. The van der Waals surface area contributed by atoms with Crippen LogP contribution in [0.2, 0.25) is 0 Å². The minimum Gasteiger partial charge on any atom is -0.467 e. The molecule has 2 N–H and O–H groups in total. The molecule has 21 heavy (non-hydrogen) atoms. The van der Waals surface area contributed by atoms with Gasteiger partial charge in [-0.2, -0.15) is 0 Å². The minimum absolute atomic E-state index is 0. The first-order valence-corrected chi connectivity index (χ1v) is 6.82. The summed E-state index contributed by atoms with van der Waals surface area (Å²) in [7, 11) is 3.44. The average Bonchev–Trinajstić information content (AvgIpc) is 2.94. The molecule has 0 bridgehead atoms. The Morgan fingerprint density at radius 3 is 2.90 bits per heavy atom. The van der Waals surface area contributed by atoms with Crippen LogP contribution in [0.15, 0.2) is 27.8 Å². The molecule has 7 heteroatoms. The average molecular weight is 411 g/mol. The molecule has 1 heterocycles. The number of nitrogens with zero attached hydrogens (tertiary/aromatic N) is 1. The van der Waals surface area contributed by atoms with Crippen LogP contribution in [0.4, 0.5) is 0 Å². The van der Waals surface area contributed by atoms with Gasteiger partial charge in [-0.3, -0.25) is 4.99 Å². The third kappa shape index (κ3) is 9.70. The highest BCUT2D eigenvalue weighted by Gasteiger charge is 2.03. The molecule has 1 aromatic heterocycles. The molecule has 1 aromatic rings. The summed E-state index contributed by atoms with van der Waals surface area (Å²) >= 11 is 0. The highest BCUT2D eigenvalue weighted by atomic mass is 127. The van der Waals surface area contributed by atoms with Gasteiger partial charge in [-0.25, -0.2) is 0 Å². The van der Waals surface area contributed by atoms with Crippen molar-refractivity contribution in [1.82, 2.24) is 10.6 Å². The molecule has 122 valence electrons. The fourth-order valence-corrected chi connectivity index (χ4v) is 1.67. The van der Waals surface area contributed by atoms with E-state index in [1.807, 2.05) is 19.1 Å². The summed E-state index contributed by atoms with van der Waals surface area (Å²) in [5.74, 6) is 1.63. The molecule has 0 saturated heterocycles. The monoisotopic (exact) mass is 411 g/mol. The molecule has 0 saturated carbocycles. The smallest absolute Gasteiger partial charge is 0.191 e. The van der Waals surface area contributed by atoms with Gasteiger partial charge in [0.15, 0.2) is 5.96 Å². The van der Waals surface area contributed by atoms with Gasteiger partial charge in [-0.15, -0.1) is 24.0 Å². The number of halogens is 1. The standard InChI is InChI=1S/C14H25N3O3.HI/c1-12(10-18-3)17-14(15-2)16-7-5-8-19-11-13-6-4-9-20-13;/h4,6,9,12H,5,7-8,10-11H2,1-3H3,(H2,15,16,17);1H. The summed E-state index contributed by atoms with van der Waals surface area (Å²) in [5.41, 5.74) is 0. The van der Waals surface area contributed by atoms with E-state index in [2.05, 4.69) is 15.6 Å². The third-order valence-corrected chi connectivity index (χ3v) is 2.61. The van der Waals surface area contributed by atoms with E-state index in [4.69, 9.17) is 13.9 Å². The first-order chi connectivity index (χ1) is 9.76. The molecule has 1 rings (SSSR count). The Bertz CT molecular complexity index is 372. The molecule has 0 aromatic carbocycles. The van der Waals surface area contributed by atoms with Crippen molar-refractivity contribution in [2.45, 2.75) is 26.0 Å². The molecule has 0 aliphatic heterocycles. The number of ether oxygens (including phenoxy) is 2. The van der Waals surface area contributed by atoms with Gasteiger partial charge in [0.1, 0.15) is 12.4 Å². The molecule has 6 nitrogen and oxygen atoms in total. The van der Waals surface area contributed by atoms with E-state index in [0.29, 0.717) is 19.8 Å². The molecule has 0 amide bonds. The fraction of sp³-hybridized carbons (Fsp3) is 0.643. The Kier molecular flexibility index (Phi) is 12.4. The van der Waals surface area contributed by atoms with Crippen LogP contribution >= 0.6 is 24.0 Å². The molecule has 0 spiro atoms. The summed E-state index contributed by atoms with van der Waals surface area (Å²) in [4.78, 5) is 4.15. The SMILES string of the molecule is CN=C(NCCCOCc1ccco1)NC(C)COC.I. The normalized spacial score (nSPS) is 12.6. The van der Waals surface area contributed by atoms with Crippen LogP contribution < -0.4 is 10.6 Å². The van der Waals surface area contributed by atoms with Crippen molar-refractivity contribution in [2.24, 2.45) is 4.99 Å². The van der Waals surface area contributed by atoms with Crippen LogP contribution in [0, 0.1) is 0 Å². The highest BCUT2D eigenvalue weighted by Crippen LogP contribution is 2.01. The van der Waals surface area contributed by atoms with Crippen LogP contribution in [0.3, 0.4) is 0 Å². The lowest BCUT2D eigenvalue weighted by Gasteiger charge is -2.17. The summed E-state index contributed by atoms with van der Waals surface area (Å²) in [5, 5.41) is 6.47. The fourth-order valence-electron chi connectivity index (χ4n) is 1.67. The number of hydrogen-bond acceptors (Lipinski definition) is 4. The molecule has 0 aliphatic carbocycles. The maximum Gasteiger partial charge on any atom is 0.191 e. The van der Waals surface area contributed by atoms with E-state index in [9.17, 15) is 0 Å². The van der Waals surface area contributed by atoms with E-state index in [-0.39, 0.29) is 30.0 Å². The summed E-state index contributed by atoms with van der Waals surface area (Å²) < 4.78 is 15.7. The quantitative estimate of drug-likeness (QED) is 0.282. The van der Waals surface area contributed by atoms with Gasteiger partial charge in [0, 0.05) is 33.4 Å². The van der Waals surface area contributed by atoms with E-state index >= 15 is 0 Å². The van der Waals surface area contributed by atoms with E-state index in [0.717, 1.165) is 24.7 Å². The Balaban J connectivity index is 0.00000400. The number of furan rings is 1. The lowest BCUT2D eigenvalue weighted by atomic mass is 10.4. The van der Waals surface area contributed by atoms with Crippen LogP contribution in [0.1, 0.15) is 19.1 Å². The minimum atomic E-state index is 0. The largest absolute Gasteiger partial charge is 0.467 e. The maximum atomic E-state index is 5.50. The van der Waals surface area contributed by atoms with Crippen molar-refractivity contribution < 1.29 is 13.9 Å². The Hall–Kier alpha value is -0.800. The number of hydrogen-bond donors (Lipinski definition) is 2. The number of rotatable bonds is 9. The second-order valence-corrected chi connectivity index (χ2v) is 4.49. The van der Waals surface area contributed by atoms with E-state index in [1.165, 1.54) is 0 Å². The molecule has 0 fully saturated rings. The first-order valence-electron chi connectivity index (χ1n) is 6.82. The lowest BCUT2D eigenvalue weighted by Crippen LogP contribution is -2.44.